The van der Waals surface area contributed by atoms with Crippen molar-refractivity contribution in [3.8, 4) is 0 Å². The largest absolute Gasteiger partial charge is 0.481 e. The normalized spacial score (nSPS) is 23.5. The molecule has 0 unspecified atom stereocenters. The van der Waals surface area contributed by atoms with Crippen LogP contribution in [0.5, 0.6) is 0 Å². The molecule has 0 bridgehead atoms. The van der Waals surface area contributed by atoms with E-state index in [9.17, 15) is 9.59 Å². The van der Waals surface area contributed by atoms with E-state index in [1.54, 1.807) is 0 Å². The predicted molar refractivity (Wildman–Crippen MR) is 56.7 cm³/mol. The number of carboxylic acids is 1. The lowest BCUT2D eigenvalue weighted by atomic mass is 9.95. The van der Waals surface area contributed by atoms with Crippen LogP contribution in [0, 0.1) is 11.8 Å². The van der Waals surface area contributed by atoms with Gasteiger partial charge in [0.05, 0.1) is 18.4 Å². The number of carbonyl (C=O) groups is 2. The van der Waals surface area contributed by atoms with Gasteiger partial charge in [-0.05, 0) is 12.8 Å². The predicted octanol–water partition coefficient (Wildman–Crippen LogP) is -0.0782. The molecule has 1 saturated carbocycles. The maximum atomic E-state index is 11.8. The van der Waals surface area contributed by atoms with Crippen molar-refractivity contribution in [2.75, 3.05) is 0 Å². The van der Waals surface area contributed by atoms with Crippen LogP contribution >= 0.6 is 0 Å². The van der Waals surface area contributed by atoms with E-state index in [0.29, 0.717) is 18.7 Å². The molecular weight excluding hydrogens is 224 g/mol. The maximum absolute atomic E-state index is 11.8. The maximum Gasteiger partial charge on any atom is 0.307 e. The lowest BCUT2D eigenvalue weighted by Gasteiger charge is -2.14. The molecule has 1 fully saturated rings. The van der Waals surface area contributed by atoms with Gasteiger partial charge in [0.25, 0.3) is 0 Å². The average Bonchev–Trinajstić information content (AvgIpc) is 2.96. The minimum atomic E-state index is -0.887. The van der Waals surface area contributed by atoms with Crippen molar-refractivity contribution >= 4 is 11.9 Å². The molecule has 0 aromatic carbocycles. The summed E-state index contributed by atoms with van der Waals surface area (Å²) in [6.45, 7) is 0.252. The Hall–Kier alpha value is -1.92. The Kier molecular flexibility index (Phi) is 3.36. The number of aliphatic carboxylic acids is 1. The monoisotopic (exact) mass is 238 g/mol. The van der Waals surface area contributed by atoms with Gasteiger partial charge < -0.3 is 10.4 Å². The van der Waals surface area contributed by atoms with E-state index in [1.165, 1.54) is 6.33 Å². The molecular formula is C10H14N4O3. The number of amides is 1. The molecule has 0 spiro atoms. The number of carboxylic acid groups (broad SMARTS) is 1. The van der Waals surface area contributed by atoms with E-state index < -0.39 is 17.8 Å². The first-order chi connectivity index (χ1) is 8.18. The summed E-state index contributed by atoms with van der Waals surface area (Å²) in [5, 5.41) is 17.9. The molecule has 7 nitrogen and oxygen atoms in total. The molecule has 2 rings (SSSR count). The second-order valence-corrected chi connectivity index (χ2v) is 4.13. The number of nitrogens with one attached hydrogen (secondary N) is 2. The number of nitrogens with zero attached hydrogens (tertiary/aromatic N) is 2. The van der Waals surface area contributed by atoms with Gasteiger partial charge in [-0.15, -0.1) is 0 Å². The van der Waals surface area contributed by atoms with Gasteiger partial charge in [-0.25, -0.2) is 4.98 Å². The molecule has 0 radical (unpaired) electrons. The molecule has 1 amide bonds. The van der Waals surface area contributed by atoms with Gasteiger partial charge in [0.2, 0.25) is 5.91 Å². The number of aromatic nitrogens is 3. The van der Waals surface area contributed by atoms with Gasteiger partial charge >= 0.3 is 5.97 Å². The van der Waals surface area contributed by atoms with Gasteiger partial charge in [0.15, 0.2) is 0 Å². The fraction of sp³-hybridized carbons (Fsp3) is 0.600. The van der Waals surface area contributed by atoms with E-state index in [0.717, 1.165) is 6.42 Å². The van der Waals surface area contributed by atoms with Crippen LogP contribution in [0.1, 0.15) is 25.1 Å². The van der Waals surface area contributed by atoms with Crippen LogP contribution in [0.4, 0.5) is 0 Å². The first-order valence-corrected chi connectivity index (χ1v) is 5.53. The molecule has 1 aromatic heterocycles. The van der Waals surface area contributed by atoms with Crippen molar-refractivity contribution in [2.24, 2.45) is 11.8 Å². The number of hydrogen-bond acceptors (Lipinski definition) is 4. The minimum absolute atomic E-state index is 0.216. The Balaban J connectivity index is 1.89. The first-order valence-electron chi connectivity index (χ1n) is 5.53. The van der Waals surface area contributed by atoms with E-state index in [2.05, 4.69) is 20.5 Å². The molecule has 3 N–H and O–H groups in total. The zero-order valence-corrected chi connectivity index (χ0v) is 9.22. The summed E-state index contributed by atoms with van der Waals surface area (Å²) in [5.41, 5.74) is 0. The molecule has 0 aliphatic heterocycles. The third kappa shape index (κ3) is 2.61. The molecule has 1 heterocycles. The average molecular weight is 238 g/mol. The highest BCUT2D eigenvalue weighted by atomic mass is 16.4. The Morgan fingerprint density at radius 3 is 2.88 bits per heavy atom. The highest BCUT2D eigenvalue weighted by Crippen LogP contribution is 2.31. The van der Waals surface area contributed by atoms with Gasteiger partial charge in [-0.1, -0.05) is 6.42 Å². The van der Waals surface area contributed by atoms with Crippen molar-refractivity contribution in [2.45, 2.75) is 25.8 Å². The molecule has 1 aliphatic carbocycles. The highest BCUT2D eigenvalue weighted by molar-refractivity contribution is 5.85. The molecule has 17 heavy (non-hydrogen) atoms. The lowest BCUT2D eigenvalue weighted by molar-refractivity contribution is -0.146. The van der Waals surface area contributed by atoms with Crippen LogP contribution in [0.2, 0.25) is 0 Å². The van der Waals surface area contributed by atoms with Crippen molar-refractivity contribution in [1.82, 2.24) is 20.5 Å². The summed E-state index contributed by atoms with van der Waals surface area (Å²) < 4.78 is 0. The smallest absolute Gasteiger partial charge is 0.307 e. The molecule has 7 heteroatoms. The van der Waals surface area contributed by atoms with Crippen LogP contribution in [-0.2, 0) is 16.1 Å². The second-order valence-electron chi connectivity index (χ2n) is 4.13. The fourth-order valence-corrected chi connectivity index (χ4v) is 2.19. The summed E-state index contributed by atoms with van der Waals surface area (Å²) in [6.07, 6.45) is 3.36. The van der Waals surface area contributed by atoms with Gasteiger partial charge in [0, 0.05) is 0 Å². The van der Waals surface area contributed by atoms with E-state index >= 15 is 0 Å². The standard InChI is InChI=1S/C10H14N4O3/c15-9(11-4-8-12-5-13-14-8)6-2-1-3-7(6)10(16)17/h5-7H,1-4H2,(H,11,15)(H,16,17)(H,12,13,14)/t6-,7+/m1/s1. The summed E-state index contributed by atoms with van der Waals surface area (Å²) in [4.78, 5) is 26.6. The van der Waals surface area contributed by atoms with Crippen molar-refractivity contribution in [1.29, 1.82) is 0 Å². The van der Waals surface area contributed by atoms with Crippen LogP contribution in [0.15, 0.2) is 6.33 Å². The molecule has 0 saturated heterocycles. The highest BCUT2D eigenvalue weighted by Gasteiger charge is 2.37. The third-order valence-corrected chi connectivity index (χ3v) is 3.06. The zero-order valence-electron chi connectivity index (χ0n) is 9.22. The van der Waals surface area contributed by atoms with Gasteiger partial charge in [0.1, 0.15) is 12.2 Å². The summed E-state index contributed by atoms with van der Waals surface area (Å²) in [7, 11) is 0. The molecule has 2 atom stereocenters. The Morgan fingerprint density at radius 2 is 2.24 bits per heavy atom. The fourth-order valence-electron chi connectivity index (χ4n) is 2.19. The van der Waals surface area contributed by atoms with E-state index in [1.807, 2.05) is 0 Å². The van der Waals surface area contributed by atoms with Crippen molar-refractivity contribution in [3.05, 3.63) is 12.2 Å². The number of aromatic amines is 1. The third-order valence-electron chi connectivity index (χ3n) is 3.06. The van der Waals surface area contributed by atoms with Crippen LogP contribution < -0.4 is 5.32 Å². The molecule has 1 aliphatic rings. The van der Waals surface area contributed by atoms with Crippen LogP contribution in [-0.4, -0.2) is 32.2 Å². The number of rotatable bonds is 4. The lowest BCUT2D eigenvalue weighted by Crippen LogP contribution is -2.35. The summed E-state index contributed by atoms with van der Waals surface area (Å²) in [5.74, 6) is -1.52. The molecule has 92 valence electrons. The SMILES string of the molecule is O=C(O)[C@H]1CCC[C@H]1C(=O)NCc1ncn[nH]1. The van der Waals surface area contributed by atoms with Crippen LogP contribution in [0.3, 0.4) is 0 Å². The Labute approximate surface area is 97.6 Å². The Morgan fingerprint density at radius 1 is 1.47 bits per heavy atom. The quantitative estimate of drug-likeness (QED) is 0.680. The van der Waals surface area contributed by atoms with E-state index in [-0.39, 0.29) is 12.5 Å². The molecule has 1 aromatic rings. The first kappa shape index (κ1) is 11.6. The topological polar surface area (TPSA) is 108 Å². The van der Waals surface area contributed by atoms with Crippen molar-refractivity contribution < 1.29 is 14.7 Å². The number of carbonyl (C=O) groups excluding carboxylic acids is 1. The second kappa shape index (κ2) is 4.94. The minimum Gasteiger partial charge on any atom is -0.481 e. The van der Waals surface area contributed by atoms with Crippen molar-refractivity contribution in [3.63, 3.8) is 0 Å². The number of hydrogen-bond donors (Lipinski definition) is 3. The van der Waals surface area contributed by atoms with E-state index in [4.69, 9.17) is 5.11 Å². The van der Waals surface area contributed by atoms with Gasteiger partial charge in [-0.3, -0.25) is 14.7 Å². The Bertz CT molecular complexity index is 404. The number of H-pyrrole nitrogens is 1. The summed E-state index contributed by atoms with van der Waals surface area (Å²) >= 11 is 0. The zero-order chi connectivity index (χ0) is 12.3. The summed E-state index contributed by atoms with van der Waals surface area (Å²) in [6, 6.07) is 0. The van der Waals surface area contributed by atoms with Gasteiger partial charge in [-0.2, -0.15) is 5.10 Å². The van der Waals surface area contributed by atoms with Crippen LogP contribution in [0.25, 0.3) is 0 Å².